The molecule has 0 bridgehead atoms. The second-order valence-electron chi connectivity index (χ2n) is 5.85. The van der Waals surface area contributed by atoms with Gasteiger partial charge < -0.3 is 9.15 Å². The highest BCUT2D eigenvalue weighted by atomic mass is 32.2. The summed E-state index contributed by atoms with van der Waals surface area (Å²) in [5, 5.41) is 9.19. The highest BCUT2D eigenvalue weighted by Gasteiger charge is 2.19. The monoisotopic (exact) mass is 378 g/mol. The largest absolute Gasteiger partial charge is 0.497 e. The maximum Gasteiger partial charge on any atom is 0.247 e. The fraction of sp³-hybridized carbons (Fsp3) is 0.150. The number of aromatic nitrogens is 4. The summed E-state index contributed by atoms with van der Waals surface area (Å²) in [7, 11) is 1.66. The molecule has 0 spiro atoms. The molecule has 2 heterocycles. The van der Waals surface area contributed by atoms with Gasteiger partial charge in [-0.1, -0.05) is 30.0 Å². The van der Waals surface area contributed by atoms with E-state index in [0.29, 0.717) is 11.8 Å². The highest BCUT2D eigenvalue weighted by molar-refractivity contribution is 7.99. The Kier molecular flexibility index (Phi) is 4.93. The van der Waals surface area contributed by atoms with Crippen LogP contribution < -0.4 is 4.74 Å². The average molecular weight is 378 g/mol. The predicted molar refractivity (Wildman–Crippen MR) is 104 cm³/mol. The minimum Gasteiger partial charge on any atom is -0.497 e. The molecule has 7 heteroatoms. The van der Waals surface area contributed by atoms with Crippen molar-refractivity contribution in [3.05, 3.63) is 72.9 Å². The molecular formula is C20H18N4O2S. The maximum atomic E-state index is 5.86. The molecule has 2 aromatic carbocycles. The molecule has 0 aliphatic rings. The van der Waals surface area contributed by atoms with Crippen molar-refractivity contribution in [3.8, 4) is 22.9 Å². The fourth-order valence-electron chi connectivity index (χ4n) is 2.62. The Morgan fingerprint density at radius 3 is 2.56 bits per heavy atom. The van der Waals surface area contributed by atoms with E-state index in [1.807, 2.05) is 72.3 Å². The van der Waals surface area contributed by atoms with Gasteiger partial charge in [-0.25, -0.2) is 4.98 Å². The van der Waals surface area contributed by atoms with Gasteiger partial charge in [0.1, 0.15) is 5.75 Å². The van der Waals surface area contributed by atoms with Crippen LogP contribution in [0.25, 0.3) is 17.1 Å². The Morgan fingerprint density at radius 2 is 1.81 bits per heavy atom. The van der Waals surface area contributed by atoms with Crippen LogP contribution in [0.15, 0.2) is 76.6 Å². The maximum absolute atomic E-state index is 5.86. The van der Waals surface area contributed by atoms with E-state index in [-0.39, 0.29) is 5.25 Å². The summed E-state index contributed by atoms with van der Waals surface area (Å²) in [5.74, 6) is 1.92. The molecule has 0 saturated heterocycles. The van der Waals surface area contributed by atoms with Crippen LogP contribution in [-0.2, 0) is 0 Å². The minimum absolute atomic E-state index is 0.0330. The first-order valence-corrected chi connectivity index (χ1v) is 9.36. The van der Waals surface area contributed by atoms with E-state index in [0.717, 1.165) is 22.2 Å². The molecule has 0 amide bonds. The summed E-state index contributed by atoms with van der Waals surface area (Å²) < 4.78 is 13.1. The molecule has 2 aromatic heterocycles. The quantitative estimate of drug-likeness (QED) is 0.450. The van der Waals surface area contributed by atoms with Gasteiger partial charge in [0.15, 0.2) is 5.16 Å². The number of methoxy groups -OCH3 is 1. The third-order valence-electron chi connectivity index (χ3n) is 4.05. The van der Waals surface area contributed by atoms with E-state index in [1.54, 1.807) is 25.1 Å². The van der Waals surface area contributed by atoms with Crippen LogP contribution in [0.3, 0.4) is 0 Å². The Labute approximate surface area is 161 Å². The summed E-state index contributed by atoms with van der Waals surface area (Å²) >= 11 is 1.57. The number of imidazole rings is 1. The lowest BCUT2D eigenvalue weighted by molar-refractivity contribution is 0.414. The molecule has 27 heavy (non-hydrogen) atoms. The fourth-order valence-corrected chi connectivity index (χ4v) is 3.53. The molecule has 0 fully saturated rings. The van der Waals surface area contributed by atoms with Gasteiger partial charge in [0, 0.05) is 23.6 Å². The molecule has 0 radical (unpaired) electrons. The van der Waals surface area contributed by atoms with Crippen molar-refractivity contribution in [2.45, 2.75) is 17.3 Å². The van der Waals surface area contributed by atoms with E-state index in [2.05, 4.69) is 15.2 Å². The normalized spacial score (nSPS) is 12.1. The lowest BCUT2D eigenvalue weighted by Gasteiger charge is -2.10. The molecule has 6 nitrogen and oxygen atoms in total. The minimum atomic E-state index is -0.0330. The zero-order valence-electron chi connectivity index (χ0n) is 14.9. The van der Waals surface area contributed by atoms with Crippen molar-refractivity contribution in [3.63, 3.8) is 0 Å². The number of benzene rings is 2. The van der Waals surface area contributed by atoms with E-state index in [4.69, 9.17) is 9.15 Å². The third-order valence-corrected chi connectivity index (χ3v) is 5.12. The molecule has 4 aromatic rings. The molecule has 0 N–H and O–H groups in total. The van der Waals surface area contributed by atoms with Crippen molar-refractivity contribution < 1.29 is 9.15 Å². The average Bonchev–Trinajstić information content (AvgIpc) is 3.38. The second-order valence-corrected chi connectivity index (χ2v) is 7.16. The molecule has 0 aliphatic heterocycles. The Balaban J connectivity index is 1.53. The Bertz CT molecular complexity index is 1010. The number of nitrogens with zero attached hydrogens (tertiary/aromatic N) is 4. The first-order chi connectivity index (χ1) is 13.2. The highest BCUT2D eigenvalue weighted by Crippen LogP contribution is 2.35. The zero-order chi connectivity index (χ0) is 18.6. The SMILES string of the molecule is COc1ccc(-n2ccnc2S[C@@H](C)c2nnc(-c3ccccc3)o2)cc1. The molecule has 0 saturated carbocycles. The van der Waals surface area contributed by atoms with Crippen molar-refractivity contribution >= 4 is 11.8 Å². The number of hydrogen-bond acceptors (Lipinski definition) is 6. The van der Waals surface area contributed by atoms with Crippen LogP contribution in [0, 0.1) is 0 Å². The van der Waals surface area contributed by atoms with Gasteiger partial charge in [-0.15, -0.1) is 10.2 Å². The van der Waals surface area contributed by atoms with Crippen LogP contribution in [-0.4, -0.2) is 26.9 Å². The number of thioether (sulfide) groups is 1. The van der Waals surface area contributed by atoms with Gasteiger partial charge in [-0.05, 0) is 43.3 Å². The van der Waals surface area contributed by atoms with Crippen LogP contribution >= 0.6 is 11.8 Å². The van der Waals surface area contributed by atoms with Gasteiger partial charge in [0.05, 0.1) is 12.4 Å². The summed E-state index contributed by atoms with van der Waals surface area (Å²) in [6.07, 6.45) is 3.71. The Morgan fingerprint density at radius 1 is 1.04 bits per heavy atom. The summed E-state index contributed by atoms with van der Waals surface area (Å²) in [6.45, 7) is 2.03. The molecular weight excluding hydrogens is 360 g/mol. The van der Waals surface area contributed by atoms with Gasteiger partial charge in [-0.2, -0.15) is 0 Å². The topological polar surface area (TPSA) is 66.0 Å². The van der Waals surface area contributed by atoms with Crippen LogP contribution in [0.5, 0.6) is 5.75 Å². The van der Waals surface area contributed by atoms with Crippen LogP contribution in [0.2, 0.25) is 0 Å². The predicted octanol–water partition coefficient (Wildman–Crippen LogP) is 4.78. The standard InChI is InChI=1S/C20H18N4O2S/c1-14(18-22-23-19(26-18)15-6-4-3-5-7-15)27-20-21-12-13-24(20)16-8-10-17(25-2)11-9-16/h3-14H,1-2H3/t14-/m0/s1. The number of hydrogen-bond donors (Lipinski definition) is 0. The van der Waals surface area contributed by atoms with Gasteiger partial charge in [-0.3, -0.25) is 4.57 Å². The van der Waals surface area contributed by atoms with E-state index < -0.39 is 0 Å². The summed E-state index contributed by atoms with van der Waals surface area (Å²) in [5.41, 5.74) is 1.92. The van der Waals surface area contributed by atoms with Gasteiger partial charge in [0.25, 0.3) is 0 Å². The van der Waals surface area contributed by atoms with E-state index >= 15 is 0 Å². The second kappa shape index (κ2) is 7.67. The third kappa shape index (κ3) is 3.73. The first kappa shape index (κ1) is 17.4. The summed E-state index contributed by atoms with van der Waals surface area (Å²) in [4.78, 5) is 4.47. The molecule has 0 unspecified atom stereocenters. The van der Waals surface area contributed by atoms with E-state index in [1.165, 1.54) is 0 Å². The number of ether oxygens (including phenoxy) is 1. The van der Waals surface area contributed by atoms with Gasteiger partial charge >= 0.3 is 0 Å². The van der Waals surface area contributed by atoms with Crippen LogP contribution in [0.1, 0.15) is 18.1 Å². The van der Waals surface area contributed by atoms with Crippen molar-refractivity contribution in [2.75, 3.05) is 7.11 Å². The number of rotatable bonds is 6. The molecule has 1 atom stereocenters. The van der Waals surface area contributed by atoms with Crippen molar-refractivity contribution in [2.24, 2.45) is 0 Å². The van der Waals surface area contributed by atoms with E-state index in [9.17, 15) is 0 Å². The van der Waals surface area contributed by atoms with Crippen LogP contribution in [0.4, 0.5) is 0 Å². The van der Waals surface area contributed by atoms with Crippen molar-refractivity contribution in [1.29, 1.82) is 0 Å². The molecule has 0 aliphatic carbocycles. The van der Waals surface area contributed by atoms with Gasteiger partial charge in [0.2, 0.25) is 11.8 Å². The lowest BCUT2D eigenvalue weighted by atomic mass is 10.2. The zero-order valence-corrected chi connectivity index (χ0v) is 15.8. The smallest absolute Gasteiger partial charge is 0.247 e. The lowest BCUT2D eigenvalue weighted by Crippen LogP contribution is -1.97. The molecule has 136 valence electrons. The van der Waals surface area contributed by atoms with Crippen molar-refractivity contribution in [1.82, 2.24) is 19.7 Å². The first-order valence-electron chi connectivity index (χ1n) is 8.48. The summed E-state index contributed by atoms with van der Waals surface area (Å²) in [6, 6.07) is 17.6. The Hall–Kier alpha value is -3.06. The molecule has 4 rings (SSSR count).